The molecule has 0 aliphatic carbocycles. The molecule has 1 aliphatic heterocycles. The Balaban J connectivity index is 0.00000169. The number of hydrogen-bond donors (Lipinski definition) is 2. The molecule has 2 N–H and O–H groups in total. The summed E-state index contributed by atoms with van der Waals surface area (Å²) in [5, 5.41) is 5.86. The van der Waals surface area contributed by atoms with Gasteiger partial charge in [0.15, 0.2) is 11.5 Å². The van der Waals surface area contributed by atoms with Crippen molar-refractivity contribution in [2.45, 2.75) is 12.8 Å². The molecule has 0 fully saturated rings. The average molecular weight is 400 g/mol. The van der Waals surface area contributed by atoms with Gasteiger partial charge in [0.2, 0.25) is 5.91 Å². The van der Waals surface area contributed by atoms with Crippen LogP contribution in [0.25, 0.3) is 11.3 Å². The van der Waals surface area contributed by atoms with E-state index >= 15 is 0 Å². The highest BCUT2D eigenvalue weighted by molar-refractivity contribution is 5.90. The lowest BCUT2D eigenvalue weighted by Crippen LogP contribution is -2.16. The summed E-state index contributed by atoms with van der Waals surface area (Å²) in [6.45, 7) is 1.93. The first-order valence-electron chi connectivity index (χ1n) is 8.08. The Bertz CT molecular complexity index is 729. The molecule has 1 aromatic heterocycles. The molecular weight excluding hydrogens is 377 g/mol. The lowest BCUT2D eigenvalue weighted by Gasteiger charge is -2.18. The van der Waals surface area contributed by atoms with Gasteiger partial charge in [-0.15, -0.1) is 24.8 Å². The number of hydrogen-bond acceptors (Lipinski definition) is 5. The molecule has 0 bridgehead atoms. The number of fused-ring (bicyclic) bond motifs is 1. The van der Waals surface area contributed by atoms with Crippen molar-refractivity contribution in [1.82, 2.24) is 10.3 Å². The number of halogens is 2. The van der Waals surface area contributed by atoms with Gasteiger partial charge in [0.1, 0.15) is 19.0 Å². The number of aromatic nitrogens is 1. The number of nitrogens with zero attached hydrogens (tertiary/aromatic N) is 1. The Morgan fingerprint density at radius 2 is 1.88 bits per heavy atom. The minimum Gasteiger partial charge on any atom is -0.486 e. The third kappa shape index (κ3) is 5.76. The van der Waals surface area contributed by atoms with Gasteiger partial charge in [-0.3, -0.25) is 4.79 Å². The van der Waals surface area contributed by atoms with Crippen molar-refractivity contribution in [3.8, 4) is 22.8 Å². The number of nitrogens with one attached hydrogen (secondary N) is 2. The van der Waals surface area contributed by atoms with Gasteiger partial charge < -0.3 is 20.1 Å². The number of carbonyl (C=O) groups excluding carboxylic acids is 1. The zero-order valence-electron chi connectivity index (χ0n) is 14.5. The Morgan fingerprint density at radius 3 is 2.65 bits per heavy atom. The quantitative estimate of drug-likeness (QED) is 0.728. The number of amides is 1. The van der Waals surface area contributed by atoms with Crippen LogP contribution in [-0.4, -0.2) is 37.7 Å². The maximum Gasteiger partial charge on any atom is 0.225 e. The number of carbonyl (C=O) groups is 1. The fourth-order valence-electron chi connectivity index (χ4n) is 2.50. The average Bonchev–Trinajstić information content (AvgIpc) is 2.62. The van der Waals surface area contributed by atoms with Gasteiger partial charge in [0.25, 0.3) is 0 Å². The van der Waals surface area contributed by atoms with Crippen molar-refractivity contribution in [3.05, 3.63) is 36.4 Å². The molecule has 0 atom stereocenters. The van der Waals surface area contributed by atoms with Crippen LogP contribution in [0.1, 0.15) is 12.8 Å². The summed E-state index contributed by atoms with van der Waals surface area (Å²) in [5.74, 6) is 2.00. The molecule has 2 aromatic rings. The van der Waals surface area contributed by atoms with Crippen LogP contribution in [-0.2, 0) is 4.79 Å². The third-order valence-corrected chi connectivity index (χ3v) is 3.69. The highest BCUT2D eigenvalue weighted by atomic mass is 35.5. The molecular formula is C18H23Cl2N3O3. The molecule has 8 heteroatoms. The van der Waals surface area contributed by atoms with Crippen molar-refractivity contribution in [1.29, 1.82) is 0 Å². The van der Waals surface area contributed by atoms with E-state index in [-0.39, 0.29) is 30.7 Å². The van der Waals surface area contributed by atoms with Crippen molar-refractivity contribution in [3.63, 3.8) is 0 Å². The van der Waals surface area contributed by atoms with Crippen LogP contribution in [0.3, 0.4) is 0 Å². The molecule has 142 valence electrons. The number of ether oxygens (including phenoxy) is 2. The van der Waals surface area contributed by atoms with E-state index < -0.39 is 0 Å². The minimum atomic E-state index is -0.0305. The highest BCUT2D eigenvalue weighted by Crippen LogP contribution is 2.34. The lowest BCUT2D eigenvalue weighted by molar-refractivity contribution is -0.116. The van der Waals surface area contributed by atoms with Crippen molar-refractivity contribution < 1.29 is 14.3 Å². The Hall–Kier alpha value is -2.02. The van der Waals surface area contributed by atoms with E-state index in [0.29, 0.717) is 25.5 Å². The Kier molecular flexibility index (Phi) is 9.19. The predicted molar refractivity (Wildman–Crippen MR) is 107 cm³/mol. The first-order valence-corrected chi connectivity index (χ1v) is 8.08. The highest BCUT2D eigenvalue weighted by Gasteiger charge is 2.13. The van der Waals surface area contributed by atoms with Gasteiger partial charge >= 0.3 is 0 Å². The summed E-state index contributed by atoms with van der Waals surface area (Å²) < 4.78 is 11.1. The van der Waals surface area contributed by atoms with Crippen LogP contribution in [0.4, 0.5) is 5.82 Å². The van der Waals surface area contributed by atoms with Gasteiger partial charge in [-0.1, -0.05) is 6.07 Å². The molecule has 0 radical (unpaired) electrons. The monoisotopic (exact) mass is 399 g/mol. The van der Waals surface area contributed by atoms with E-state index in [1.54, 1.807) is 6.07 Å². The molecule has 0 saturated heterocycles. The van der Waals surface area contributed by atoms with Crippen LogP contribution >= 0.6 is 24.8 Å². The molecule has 26 heavy (non-hydrogen) atoms. The Labute approximate surface area is 165 Å². The molecule has 3 rings (SSSR count). The number of pyridine rings is 1. The molecule has 0 spiro atoms. The van der Waals surface area contributed by atoms with Gasteiger partial charge in [-0.2, -0.15) is 0 Å². The first-order chi connectivity index (χ1) is 11.8. The topological polar surface area (TPSA) is 72.5 Å². The first kappa shape index (κ1) is 22.0. The molecule has 1 amide bonds. The normalized spacial score (nSPS) is 11.7. The SMILES string of the molecule is CNCCCC(=O)Nc1cccc(-c2ccc3c(c2)OCCO3)n1.Cl.Cl. The Morgan fingerprint density at radius 1 is 1.12 bits per heavy atom. The van der Waals surface area contributed by atoms with E-state index in [2.05, 4.69) is 15.6 Å². The standard InChI is InChI=1S/C18H21N3O3.2ClH/c1-19-9-3-6-18(22)21-17-5-2-4-14(20-17)13-7-8-15-16(12-13)24-11-10-23-15;;/h2,4-5,7-8,12,19H,3,6,9-11H2,1H3,(H,20,21,22);2*1H. The fraction of sp³-hybridized carbons (Fsp3) is 0.333. The second-order valence-electron chi connectivity index (χ2n) is 5.52. The maximum atomic E-state index is 11.9. The van der Waals surface area contributed by atoms with Crippen molar-refractivity contribution >= 4 is 36.5 Å². The second kappa shape index (κ2) is 10.9. The lowest BCUT2D eigenvalue weighted by atomic mass is 10.1. The zero-order chi connectivity index (χ0) is 16.8. The molecule has 6 nitrogen and oxygen atoms in total. The number of rotatable bonds is 6. The summed E-state index contributed by atoms with van der Waals surface area (Å²) in [4.78, 5) is 16.4. The number of benzene rings is 1. The summed E-state index contributed by atoms with van der Waals surface area (Å²) >= 11 is 0. The van der Waals surface area contributed by atoms with E-state index in [0.717, 1.165) is 35.7 Å². The second-order valence-corrected chi connectivity index (χ2v) is 5.52. The molecule has 0 saturated carbocycles. The molecule has 2 heterocycles. The van der Waals surface area contributed by atoms with Crippen LogP contribution < -0.4 is 20.1 Å². The predicted octanol–water partition coefficient (Wildman–Crippen LogP) is 3.30. The molecule has 0 unspecified atom stereocenters. The van der Waals surface area contributed by atoms with E-state index in [1.807, 2.05) is 37.4 Å². The zero-order valence-corrected chi connectivity index (χ0v) is 16.1. The van der Waals surface area contributed by atoms with Crippen LogP contribution in [0.15, 0.2) is 36.4 Å². The summed E-state index contributed by atoms with van der Waals surface area (Å²) in [7, 11) is 1.87. The molecule has 1 aliphatic rings. The van der Waals surface area contributed by atoms with Gasteiger partial charge in [-0.05, 0) is 50.3 Å². The van der Waals surface area contributed by atoms with E-state index in [9.17, 15) is 4.79 Å². The van der Waals surface area contributed by atoms with Crippen molar-refractivity contribution in [2.75, 3.05) is 32.1 Å². The minimum absolute atomic E-state index is 0. The summed E-state index contributed by atoms with van der Waals surface area (Å²) in [6.07, 6.45) is 1.26. The van der Waals surface area contributed by atoms with Crippen LogP contribution in [0, 0.1) is 0 Å². The van der Waals surface area contributed by atoms with Crippen LogP contribution in [0.2, 0.25) is 0 Å². The van der Waals surface area contributed by atoms with Crippen LogP contribution in [0.5, 0.6) is 11.5 Å². The van der Waals surface area contributed by atoms with Gasteiger partial charge in [0, 0.05) is 12.0 Å². The third-order valence-electron chi connectivity index (χ3n) is 3.69. The largest absolute Gasteiger partial charge is 0.486 e. The summed E-state index contributed by atoms with van der Waals surface area (Å²) in [6, 6.07) is 11.3. The van der Waals surface area contributed by atoms with Gasteiger partial charge in [-0.25, -0.2) is 4.98 Å². The molecule has 1 aromatic carbocycles. The van der Waals surface area contributed by atoms with E-state index in [1.165, 1.54) is 0 Å². The smallest absolute Gasteiger partial charge is 0.225 e. The maximum absolute atomic E-state index is 11.9. The van der Waals surface area contributed by atoms with Crippen molar-refractivity contribution in [2.24, 2.45) is 0 Å². The van der Waals surface area contributed by atoms with E-state index in [4.69, 9.17) is 9.47 Å². The fourth-order valence-corrected chi connectivity index (χ4v) is 2.50. The number of anilines is 1. The summed E-state index contributed by atoms with van der Waals surface area (Å²) in [5.41, 5.74) is 1.70. The van der Waals surface area contributed by atoms with Gasteiger partial charge in [0.05, 0.1) is 5.69 Å².